The number of nitrogens with zero attached hydrogens (tertiary/aromatic N) is 3. The van der Waals surface area contributed by atoms with Gasteiger partial charge in [-0.1, -0.05) is 13.0 Å². The highest BCUT2D eigenvalue weighted by atomic mass is 32.2. The van der Waals surface area contributed by atoms with Gasteiger partial charge in [0, 0.05) is 38.6 Å². The van der Waals surface area contributed by atoms with E-state index in [9.17, 15) is 13.2 Å². The predicted molar refractivity (Wildman–Crippen MR) is 105 cm³/mol. The summed E-state index contributed by atoms with van der Waals surface area (Å²) in [5, 5.41) is 4.79. The van der Waals surface area contributed by atoms with E-state index in [1.807, 2.05) is 22.4 Å². The maximum atomic E-state index is 12.2. The Morgan fingerprint density at radius 1 is 1.46 bits per heavy atom. The van der Waals surface area contributed by atoms with E-state index in [4.69, 9.17) is 0 Å². The maximum absolute atomic E-state index is 12.2. The summed E-state index contributed by atoms with van der Waals surface area (Å²) in [6, 6.07) is 3.99. The topological polar surface area (TPSA) is 94.1 Å². The summed E-state index contributed by atoms with van der Waals surface area (Å²) in [4.78, 5) is 20.8. The third kappa shape index (κ3) is 5.68. The van der Waals surface area contributed by atoms with Gasteiger partial charge in [0.2, 0.25) is 15.9 Å². The molecule has 1 amide bonds. The number of amides is 1. The standard InChI is InChI=1S/C16H27N5O3S2/c1-4-19-26(23,24)14-7-8-21(12-14)16(18-11-15(22)20(2)3)17-10-13-6-5-9-25-13/h5-6,9,14,19H,4,7-8,10-12H2,1-3H3,(H,17,18). The zero-order valence-corrected chi connectivity index (χ0v) is 17.1. The van der Waals surface area contributed by atoms with Crippen LogP contribution in [0.4, 0.5) is 0 Å². The summed E-state index contributed by atoms with van der Waals surface area (Å²) >= 11 is 1.63. The second kappa shape index (κ2) is 9.33. The number of hydrogen-bond acceptors (Lipinski definition) is 5. The summed E-state index contributed by atoms with van der Waals surface area (Å²) < 4.78 is 27.1. The molecule has 1 aromatic rings. The smallest absolute Gasteiger partial charge is 0.243 e. The van der Waals surface area contributed by atoms with Gasteiger partial charge in [0.25, 0.3) is 0 Å². The molecule has 0 aliphatic carbocycles. The summed E-state index contributed by atoms with van der Waals surface area (Å²) in [6.07, 6.45) is 0.538. The molecule has 1 atom stereocenters. The zero-order chi connectivity index (χ0) is 19.2. The number of thiophene rings is 1. The van der Waals surface area contributed by atoms with E-state index >= 15 is 0 Å². The average Bonchev–Trinajstić information content (AvgIpc) is 3.26. The lowest BCUT2D eigenvalue weighted by Crippen LogP contribution is -2.43. The summed E-state index contributed by atoms with van der Waals surface area (Å²) in [5.41, 5.74) is 0. The Morgan fingerprint density at radius 2 is 2.23 bits per heavy atom. The van der Waals surface area contributed by atoms with Crippen LogP contribution in [0.3, 0.4) is 0 Å². The summed E-state index contributed by atoms with van der Waals surface area (Å²) in [6.45, 7) is 3.72. The Kier molecular flexibility index (Phi) is 7.42. The largest absolute Gasteiger partial charge is 0.351 e. The lowest BCUT2D eigenvalue weighted by atomic mass is 10.4. The number of likely N-dealkylation sites (tertiary alicyclic amines) is 1. The number of sulfonamides is 1. The molecule has 0 aromatic carbocycles. The number of likely N-dealkylation sites (N-methyl/N-ethyl adjacent to an activating group) is 1. The van der Waals surface area contributed by atoms with Crippen molar-refractivity contribution in [1.29, 1.82) is 0 Å². The second-order valence-corrected chi connectivity index (χ2v) is 9.34. The van der Waals surface area contributed by atoms with Crippen LogP contribution in [0.15, 0.2) is 22.5 Å². The molecular weight excluding hydrogens is 374 g/mol. The first-order valence-corrected chi connectivity index (χ1v) is 11.0. The van der Waals surface area contributed by atoms with E-state index < -0.39 is 15.3 Å². The Bertz CT molecular complexity index is 716. The van der Waals surface area contributed by atoms with Crippen molar-refractivity contribution in [3.05, 3.63) is 22.4 Å². The van der Waals surface area contributed by atoms with Gasteiger partial charge in [-0.3, -0.25) is 4.79 Å². The van der Waals surface area contributed by atoms with E-state index in [2.05, 4.69) is 15.0 Å². The Labute approximate surface area is 159 Å². The van der Waals surface area contributed by atoms with Gasteiger partial charge >= 0.3 is 0 Å². The highest BCUT2D eigenvalue weighted by molar-refractivity contribution is 7.90. The monoisotopic (exact) mass is 401 g/mol. The van der Waals surface area contributed by atoms with E-state index in [1.54, 1.807) is 32.4 Å². The van der Waals surface area contributed by atoms with Crippen LogP contribution in [0.5, 0.6) is 0 Å². The normalized spacial score (nSPS) is 18.2. The minimum Gasteiger partial charge on any atom is -0.351 e. The van der Waals surface area contributed by atoms with Crippen molar-refractivity contribution >= 4 is 33.2 Å². The fourth-order valence-corrected chi connectivity index (χ4v) is 4.70. The van der Waals surface area contributed by atoms with Gasteiger partial charge in [-0.15, -0.1) is 11.3 Å². The molecule has 26 heavy (non-hydrogen) atoms. The quantitative estimate of drug-likeness (QED) is 0.506. The van der Waals surface area contributed by atoms with Crippen molar-refractivity contribution < 1.29 is 13.2 Å². The first-order chi connectivity index (χ1) is 12.3. The van der Waals surface area contributed by atoms with Crippen molar-refractivity contribution in [1.82, 2.24) is 19.8 Å². The van der Waals surface area contributed by atoms with Crippen LogP contribution in [-0.4, -0.2) is 75.6 Å². The van der Waals surface area contributed by atoms with Crippen LogP contribution < -0.4 is 10.0 Å². The molecule has 1 fully saturated rings. The minimum absolute atomic E-state index is 0.0287. The van der Waals surface area contributed by atoms with Crippen LogP contribution >= 0.6 is 11.3 Å². The molecule has 1 aliphatic rings. The molecule has 0 bridgehead atoms. The fraction of sp³-hybridized carbons (Fsp3) is 0.625. The summed E-state index contributed by atoms with van der Waals surface area (Å²) in [7, 11) is 0.0451. The first kappa shape index (κ1) is 20.7. The van der Waals surface area contributed by atoms with Crippen molar-refractivity contribution in [2.45, 2.75) is 25.1 Å². The molecule has 2 heterocycles. The Morgan fingerprint density at radius 3 is 2.85 bits per heavy atom. The van der Waals surface area contributed by atoms with Crippen molar-refractivity contribution in [2.24, 2.45) is 4.99 Å². The third-order valence-corrected chi connectivity index (χ3v) is 6.92. The lowest BCUT2D eigenvalue weighted by molar-refractivity contribution is -0.127. The molecule has 8 nitrogen and oxygen atoms in total. The van der Waals surface area contributed by atoms with Gasteiger partial charge in [0.05, 0.1) is 11.8 Å². The number of nitrogens with one attached hydrogen (secondary N) is 2. The van der Waals surface area contributed by atoms with Crippen LogP contribution in [0.2, 0.25) is 0 Å². The number of hydrogen-bond donors (Lipinski definition) is 2. The molecule has 1 saturated heterocycles. The van der Waals surface area contributed by atoms with Crippen LogP contribution in [0.1, 0.15) is 18.2 Å². The van der Waals surface area contributed by atoms with Crippen molar-refractivity contribution in [2.75, 3.05) is 40.3 Å². The van der Waals surface area contributed by atoms with Gasteiger partial charge in [0.1, 0.15) is 6.54 Å². The first-order valence-electron chi connectivity index (χ1n) is 8.57. The molecule has 2 rings (SSSR count). The molecular formula is C16H27N5O3S2. The molecule has 1 aromatic heterocycles. The number of aliphatic imine (C=N–C) groups is 1. The SMILES string of the molecule is CCNS(=O)(=O)C1CCN(C(=NCC(=O)N(C)C)NCc2cccs2)C1. The second-order valence-electron chi connectivity index (χ2n) is 6.26. The lowest BCUT2D eigenvalue weighted by Gasteiger charge is -2.22. The maximum Gasteiger partial charge on any atom is 0.243 e. The average molecular weight is 402 g/mol. The van der Waals surface area contributed by atoms with Gasteiger partial charge in [0.15, 0.2) is 5.96 Å². The van der Waals surface area contributed by atoms with E-state index in [0.29, 0.717) is 38.6 Å². The zero-order valence-electron chi connectivity index (χ0n) is 15.4. The van der Waals surface area contributed by atoms with E-state index in [0.717, 1.165) is 4.88 Å². The van der Waals surface area contributed by atoms with E-state index in [1.165, 1.54) is 4.90 Å². The number of rotatable bonds is 7. The van der Waals surface area contributed by atoms with Crippen LogP contribution in [0.25, 0.3) is 0 Å². The molecule has 10 heteroatoms. The third-order valence-electron chi connectivity index (χ3n) is 4.09. The molecule has 0 radical (unpaired) electrons. The van der Waals surface area contributed by atoms with Gasteiger partial charge < -0.3 is 15.1 Å². The Hall–Kier alpha value is -1.65. The van der Waals surface area contributed by atoms with Gasteiger partial charge in [-0.05, 0) is 17.9 Å². The number of guanidine groups is 1. The highest BCUT2D eigenvalue weighted by Crippen LogP contribution is 2.17. The van der Waals surface area contributed by atoms with Crippen LogP contribution in [0, 0.1) is 0 Å². The Balaban J connectivity index is 2.07. The van der Waals surface area contributed by atoms with Gasteiger partial charge in [-0.2, -0.15) is 0 Å². The molecule has 1 aliphatic heterocycles. The molecule has 0 saturated carbocycles. The molecule has 146 valence electrons. The molecule has 1 unspecified atom stereocenters. The fourth-order valence-electron chi connectivity index (χ4n) is 2.62. The number of carbonyl (C=O) groups excluding carboxylic acids is 1. The predicted octanol–water partition coefficient (Wildman–Crippen LogP) is 0.296. The highest BCUT2D eigenvalue weighted by Gasteiger charge is 2.34. The minimum atomic E-state index is -3.33. The van der Waals surface area contributed by atoms with Crippen molar-refractivity contribution in [3.8, 4) is 0 Å². The van der Waals surface area contributed by atoms with Crippen molar-refractivity contribution in [3.63, 3.8) is 0 Å². The molecule has 0 spiro atoms. The molecule has 2 N–H and O–H groups in total. The van der Waals surface area contributed by atoms with Gasteiger partial charge in [-0.25, -0.2) is 18.1 Å². The van der Waals surface area contributed by atoms with Crippen LogP contribution in [-0.2, 0) is 21.4 Å². The van der Waals surface area contributed by atoms with E-state index in [-0.39, 0.29) is 12.5 Å². The number of carbonyl (C=O) groups is 1. The summed E-state index contributed by atoms with van der Waals surface area (Å²) in [5.74, 6) is 0.472.